The maximum atomic E-state index is 13.4. The fourth-order valence-corrected chi connectivity index (χ4v) is 5.19. The van der Waals surface area contributed by atoms with E-state index >= 15 is 0 Å². The van der Waals surface area contributed by atoms with E-state index in [0.29, 0.717) is 22.7 Å². The first kappa shape index (κ1) is 26.9. The van der Waals surface area contributed by atoms with Gasteiger partial charge >= 0.3 is 17.7 Å². The van der Waals surface area contributed by atoms with Gasteiger partial charge in [0, 0.05) is 10.5 Å². The Balaban J connectivity index is 1.62. The molecular formula is C33H34F3N2O+. The highest BCUT2D eigenvalue weighted by molar-refractivity contribution is 5.91. The van der Waals surface area contributed by atoms with Gasteiger partial charge in [0.05, 0.1) is 11.0 Å². The van der Waals surface area contributed by atoms with E-state index < -0.39 is 11.6 Å². The smallest absolute Gasteiger partial charge is 0.394 e. The number of hydrogen-bond donors (Lipinski definition) is 0. The third kappa shape index (κ3) is 4.81. The Hall–Kier alpha value is -3.67. The lowest BCUT2D eigenvalue weighted by Gasteiger charge is -2.27. The summed E-state index contributed by atoms with van der Waals surface area (Å²) in [6.45, 7) is 13.3. The van der Waals surface area contributed by atoms with Crippen molar-refractivity contribution in [1.29, 1.82) is 0 Å². The molecule has 5 aromatic rings. The lowest BCUT2D eigenvalue weighted by Crippen LogP contribution is -2.37. The second kappa shape index (κ2) is 9.22. The first-order valence-electron chi connectivity index (χ1n) is 13.2. The summed E-state index contributed by atoms with van der Waals surface area (Å²) in [6.07, 6.45) is -4.37. The van der Waals surface area contributed by atoms with Crippen molar-refractivity contribution < 1.29 is 22.2 Å². The van der Waals surface area contributed by atoms with E-state index in [4.69, 9.17) is 9.40 Å². The first-order chi connectivity index (χ1) is 18.2. The van der Waals surface area contributed by atoms with Crippen molar-refractivity contribution >= 4 is 22.0 Å². The standard InChI is InChI=1S/C33H34F3N2O/c1-20-12-17-28-29(37-30(39-28)23-15-13-22(14-16-23)19-32(6,7)33(34,35)36)38(20)27-18-26(31(3,4)5)25-11-9-8-10-24(25)21(27)2/h8-18H,19H2,1-7H3/q+1. The number of aryl methyl sites for hydroxylation is 2. The average Bonchev–Trinajstić information content (AvgIpc) is 3.28. The molecule has 202 valence electrons. The van der Waals surface area contributed by atoms with Crippen LogP contribution in [0.2, 0.25) is 0 Å². The third-order valence-electron chi connectivity index (χ3n) is 7.62. The van der Waals surface area contributed by atoms with E-state index in [2.05, 4.69) is 69.5 Å². The summed E-state index contributed by atoms with van der Waals surface area (Å²) < 4.78 is 48.4. The Morgan fingerprint density at radius 3 is 2.08 bits per heavy atom. The Morgan fingerprint density at radius 2 is 1.46 bits per heavy atom. The Morgan fingerprint density at radius 1 is 0.821 bits per heavy atom. The Kier molecular flexibility index (Phi) is 6.36. The van der Waals surface area contributed by atoms with Crippen LogP contribution in [0.25, 0.3) is 39.1 Å². The summed E-state index contributed by atoms with van der Waals surface area (Å²) in [4.78, 5) is 4.89. The van der Waals surface area contributed by atoms with E-state index in [-0.39, 0.29) is 11.8 Å². The normalized spacial score (nSPS) is 13.0. The summed E-state index contributed by atoms with van der Waals surface area (Å²) in [6, 6.07) is 21.7. The second-order valence-corrected chi connectivity index (χ2v) is 12.1. The van der Waals surface area contributed by atoms with Gasteiger partial charge in [0.25, 0.3) is 0 Å². The topological polar surface area (TPSA) is 29.9 Å². The number of aromatic nitrogens is 2. The van der Waals surface area contributed by atoms with Gasteiger partial charge in [-0.2, -0.15) is 17.7 Å². The van der Waals surface area contributed by atoms with Crippen molar-refractivity contribution in [3.8, 4) is 17.1 Å². The maximum absolute atomic E-state index is 13.4. The molecule has 0 saturated carbocycles. The van der Waals surface area contributed by atoms with Crippen LogP contribution in [0.5, 0.6) is 0 Å². The van der Waals surface area contributed by atoms with Crippen LogP contribution < -0.4 is 4.57 Å². The predicted molar refractivity (Wildman–Crippen MR) is 150 cm³/mol. The van der Waals surface area contributed by atoms with Gasteiger partial charge in [-0.3, -0.25) is 0 Å². The molecule has 0 radical (unpaired) electrons. The number of hydrogen-bond acceptors (Lipinski definition) is 2. The molecule has 0 fully saturated rings. The van der Waals surface area contributed by atoms with Crippen molar-refractivity contribution in [1.82, 2.24) is 4.98 Å². The molecule has 0 unspecified atom stereocenters. The molecule has 2 aromatic heterocycles. The monoisotopic (exact) mass is 531 g/mol. The van der Waals surface area contributed by atoms with Gasteiger partial charge in [0.15, 0.2) is 0 Å². The molecule has 2 heterocycles. The van der Waals surface area contributed by atoms with E-state index in [1.54, 1.807) is 24.3 Å². The second-order valence-electron chi connectivity index (χ2n) is 12.1. The lowest BCUT2D eigenvalue weighted by molar-refractivity contribution is -0.577. The highest BCUT2D eigenvalue weighted by Crippen LogP contribution is 2.40. The minimum absolute atomic E-state index is 0.0676. The third-order valence-corrected chi connectivity index (χ3v) is 7.62. The molecule has 0 aliphatic rings. The van der Waals surface area contributed by atoms with E-state index in [9.17, 15) is 13.2 Å². The van der Waals surface area contributed by atoms with Gasteiger partial charge in [-0.05, 0) is 77.9 Å². The SMILES string of the molecule is Cc1c(-[n+]2c(C)ccc3oc(-c4ccc(CC(C)(C)C(F)(F)F)cc4)nc32)cc(C(C)(C)C)c2ccccc12. The van der Waals surface area contributed by atoms with Crippen LogP contribution in [-0.2, 0) is 11.8 Å². The van der Waals surface area contributed by atoms with E-state index in [0.717, 1.165) is 22.5 Å². The molecule has 0 amide bonds. The number of pyridine rings is 1. The van der Waals surface area contributed by atoms with Crippen molar-refractivity contribution in [2.75, 3.05) is 0 Å². The maximum Gasteiger partial charge on any atom is 0.394 e. The zero-order chi connectivity index (χ0) is 28.3. The molecule has 39 heavy (non-hydrogen) atoms. The van der Waals surface area contributed by atoms with Crippen LogP contribution in [0, 0.1) is 19.3 Å². The number of alkyl halides is 3. The summed E-state index contributed by atoms with van der Waals surface area (Å²) in [5.41, 5.74) is 5.27. The predicted octanol–water partition coefficient (Wildman–Crippen LogP) is 8.97. The number of rotatable bonds is 4. The average molecular weight is 532 g/mol. The van der Waals surface area contributed by atoms with Crippen molar-refractivity contribution in [3.63, 3.8) is 0 Å². The fraction of sp³-hybridized carbons (Fsp3) is 0.333. The quantitative estimate of drug-likeness (QED) is 0.217. The van der Waals surface area contributed by atoms with E-state index in [1.807, 2.05) is 12.1 Å². The largest absolute Gasteiger partial charge is 0.411 e. The number of benzene rings is 3. The van der Waals surface area contributed by atoms with Gasteiger partial charge in [0.1, 0.15) is 11.4 Å². The molecule has 5 rings (SSSR count). The van der Waals surface area contributed by atoms with Crippen LogP contribution in [0.3, 0.4) is 0 Å². The number of oxazole rings is 1. The molecule has 3 aromatic carbocycles. The summed E-state index contributed by atoms with van der Waals surface area (Å²) in [5.74, 6) is 0.431. The van der Waals surface area contributed by atoms with Crippen molar-refractivity contribution in [2.24, 2.45) is 5.41 Å². The molecule has 0 spiro atoms. The first-order valence-corrected chi connectivity index (χ1v) is 13.2. The van der Waals surface area contributed by atoms with Crippen molar-refractivity contribution in [3.05, 3.63) is 89.1 Å². The van der Waals surface area contributed by atoms with Gasteiger partial charge in [-0.15, -0.1) is 0 Å². The van der Waals surface area contributed by atoms with Crippen LogP contribution in [-0.4, -0.2) is 11.2 Å². The zero-order valence-corrected chi connectivity index (χ0v) is 23.5. The Bertz CT molecular complexity index is 1690. The van der Waals surface area contributed by atoms with Crippen LogP contribution in [0.15, 0.2) is 71.1 Å². The van der Waals surface area contributed by atoms with E-state index in [1.165, 1.54) is 30.2 Å². The molecule has 0 aliphatic heterocycles. The Labute approximate surface area is 227 Å². The molecular weight excluding hydrogens is 497 g/mol. The molecule has 0 atom stereocenters. The molecule has 3 nitrogen and oxygen atoms in total. The molecule has 0 N–H and O–H groups in total. The van der Waals surface area contributed by atoms with Gasteiger partial charge in [-0.25, -0.2) is 0 Å². The van der Waals surface area contributed by atoms with Gasteiger partial charge in [-0.1, -0.05) is 71.0 Å². The highest BCUT2D eigenvalue weighted by Gasteiger charge is 2.47. The van der Waals surface area contributed by atoms with Gasteiger partial charge in [0.2, 0.25) is 5.58 Å². The fourth-order valence-electron chi connectivity index (χ4n) is 5.19. The summed E-state index contributed by atoms with van der Waals surface area (Å²) in [7, 11) is 0. The van der Waals surface area contributed by atoms with Gasteiger partial charge < -0.3 is 4.42 Å². The van der Waals surface area contributed by atoms with Crippen LogP contribution >= 0.6 is 0 Å². The molecule has 0 aliphatic carbocycles. The number of nitrogens with zero attached hydrogens (tertiary/aromatic N) is 2. The van der Waals surface area contributed by atoms with Crippen molar-refractivity contribution in [2.45, 2.75) is 66.5 Å². The van der Waals surface area contributed by atoms with Crippen LogP contribution in [0.4, 0.5) is 13.2 Å². The number of halogens is 3. The molecule has 6 heteroatoms. The highest BCUT2D eigenvalue weighted by atomic mass is 19.4. The zero-order valence-electron chi connectivity index (χ0n) is 23.5. The van der Waals surface area contributed by atoms with Crippen LogP contribution in [0.1, 0.15) is 57.0 Å². The molecule has 0 bridgehead atoms. The minimum atomic E-state index is -4.27. The summed E-state index contributed by atoms with van der Waals surface area (Å²) in [5, 5.41) is 2.44. The minimum Gasteiger partial charge on any atom is -0.411 e. The summed E-state index contributed by atoms with van der Waals surface area (Å²) >= 11 is 0. The number of fused-ring (bicyclic) bond motifs is 2. The lowest BCUT2D eigenvalue weighted by atomic mass is 9.82. The molecule has 0 saturated heterocycles.